The summed E-state index contributed by atoms with van der Waals surface area (Å²) in [4.78, 5) is 2.54. The number of hydrogen-bond acceptors (Lipinski definition) is 4. The lowest BCUT2D eigenvalue weighted by Gasteiger charge is -2.24. The molecule has 3 rings (SSSR count). The van der Waals surface area contributed by atoms with E-state index in [1.807, 2.05) is 51.1 Å². The van der Waals surface area contributed by atoms with Crippen molar-refractivity contribution in [2.75, 3.05) is 41.7 Å². The van der Waals surface area contributed by atoms with Gasteiger partial charge in [0.1, 0.15) is 0 Å². The maximum Gasteiger partial charge on any atom is 0.243 e. The van der Waals surface area contributed by atoms with Gasteiger partial charge in [-0.2, -0.15) is 4.31 Å². The van der Waals surface area contributed by atoms with Gasteiger partial charge in [-0.1, -0.05) is 26.0 Å². The molecule has 0 bridgehead atoms. The molecule has 1 saturated heterocycles. The highest BCUT2D eigenvalue weighted by Gasteiger charge is 2.24. The van der Waals surface area contributed by atoms with Crippen LogP contribution in [0.3, 0.4) is 0 Å². The zero-order chi connectivity index (χ0) is 21.7. The molecule has 2 N–H and O–H groups in total. The fourth-order valence-corrected chi connectivity index (χ4v) is 5.44. The van der Waals surface area contributed by atoms with E-state index >= 15 is 0 Å². The molecule has 1 heterocycles. The third kappa shape index (κ3) is 5.11. The summed E-state index contributed by atoms with van der Waals surface area (Å²) >= 11 is 5.53. The van der Waals surface area contributed by atoms with E-state index in [0.29, 0.717) is 23.9 Å². The predicted molar refractivity (Wildman–Crippen MR) is 129 cm³/mol. The standard InChI is InChI=1S/C22H30N4O2S2/c1-4-26(5-2)30(27,28)19-11-12-21(25-13-6-7-14-25)20(16-19)24-22(29)23-18-10-8-9-17(3)15-18/h8-12,15-16H,4-7,13-14H2,1-3H3,(H2,23,24,29). The Balaban J connectivity index is 1.92. The third-order valence-electron chi connectivity index (χ3n) is 5.28. The predicted octanol–water partition coefficient (Wildman–Crippen LogP) is 4.43. The number of rotatable bonds is 7. The number of benzene rings is 2. The monoisotopic (exact) mass is 446 g/mol. The molecular formula is C22H30N4O2S2. The zero-order valence-corrected chi connectivity index (χ0v) is 19.4. The summed E-state index contributed by atoms with van der Waals surface area (Å²) in [5.74, 6) is 0. The van der Waals surface area contributed by atoms with Crippen LogP contribution in [0.4, 0.5) is 17.1 Å². The molecule has 0 radical (unpaired) electrons. The van der Waals surface area contributed by atoms with Crippen molar-refractivity contribution >= 4 is 44.4 Å². The molecule has 2 aromatic rings. The second-order valence-corrected chi connectivity index (χ2v) is 9.76. The molecule has 0 amide bonds. The molecule has 0 atom stereocenters. The Morgan fingerprint density at radius 2 is 1.77 bits per heavy atom. The van der Waals surface area contributed by atoms with Crippen LogP contribution in [0, 0.1) is 6.92 Å². The van der Waals surface area contributed by atoms with Crippen LogP contribution in [-0.2, 0) is 10.0 Å². The summed E-state index contributed by atoms with van der Waals surface area (Å²) in [6.45, 7) is 8.49. The average Bonchev–Trinajstić information content (AvgIpc) is 3.23. The molecule has 1 fully saturated rings. The first kappa shape index (κ1) is 22.5. The molecule has 0 spiro atoms. The first-order valence-corrected chi connectivity index (χ1v) is 12.2. The van der Waals surface area contributed by atoms with E-state index in [4.69, 9.17) is 12.2 Å². The van der Waals surface area contributed by atoms with E-state index in [2.05, 4.69) is 15.5 Å². The van der Waals surface area contributed by atoms with Crippen molar-refractivity contribution in [3.63, 3.8) is 0 Å². The lowest BCUT2D eigenvalue weighted by Crippen LogP contribution is -2.31. The first-order valence-electron chi connectivity index (χ1n) is 10.4. The maximum absolute atomic E-state index is 13.0. The van der Waals surface area contributed by atoms with Gasteiger partial charge in [0.25, 0.3) is 0 Å². The van der Waals surface area contributed by atoms with Crippen LogP contribution >= 0.6 is 12.2 Å². The van der Waals surface area contributed by atoms with Gasteiger partial charge in [-0.15, -0.1) is 0 Å². The van der Waals surface area contributed by atoms with Crippen LogP contribution in [-0.4, -0.2) is 44.0 Å². The fraction of sp³-hybridized carbons (Fsp3) is 0.409. The number of nitrogens with zero attached hydrogens (tertiary/aromatic N) is 2. The topological polar surface area (TPSA) is 64.7 Å². The van der Waals surface area contributed by atoms with Crippen LogP contribution in [0.25, 0.3) is 0 Å². The molecule has 0 saturated carbocycles. The van der Waals surface area contributed by atoms with Crippen molar-refractivity contribution in [3.8, 4) is 0 Å². The minimum absolute atomic E-state index is 0.273. The van der Waals surface area contributed by atoms with Crippen molar-refractivity contribution in [3.05, 3.63) is 48.0 Å². The van der Waals surface area contributed by atoms with Crippen LogP contribution in [0.1, 0.15) is 32.3 Å². The SMILES string of the molecule is CCN(CC)S(=O)(=O)c1ccc(N2CCCC2)c(NC(=S)Nc2cccc(C)c2)c1. The maximum atomic E-state index is 13.0. The summed E-state index contributed by atoms with van der Waals surface area (Å²) in [7, 11) is -3.55. The van der Waals surface area contributed by atoms with Crippen molar-refractivity contribution in [2.45, 2.75) is 38.5 Å². The Labute approximate surface area is 185 Å². The molecule has 6 nitrogen and oxygen atoms in total. The van der Waals surface area contributed by atoms with E-state index in [9.17, 15) is 8.42 Å². The van der Waals surface area contributed by atoms with Crippen molar-refractivity contribution in [1.29, 1.82) is 0 Å². The summed E-state index contributed by atoms with van der Waals surface area (Å²) in [6.07, 6.45) is 2.26. The molecule has 0 aromatic heterocycles. The summed E-state index contributed by atoms with van der Waals surface area (Å²) in [5.41, 5.74) is 3.70. The summed E-state index contributed by atoms with van der Waals surface area (Å²) < 4.78 is 27.5. The minimum atomic E-state index is -3.55. The van der Waals surface area contributed by atoms with Crippen LogP contribution in [0.15, 0.2) is 47.4 Å². The minimum Gasteiger partial charge on any atom is -0.370 e. The van der Waals surface area contributed by atoms with Crippen LogP contribution < -0.4 is 15.5 Å². The second kappa shape index (κ2) is 9.76. The highest BCUT2D eigenvalue weighted by molar-refractivity contribution is 7.89. The van der Waals surface area contributed by atoms with Crippen molar-refractivity contribution in [2.24, 2.45) is 0 Å². The third-order valence-corrected chi connectivity index (χ3v) is 7.53. The average molecular weight is 447 g/mol. The van der Waals surface area contributed by atoms with Gasteiger partial charge in [-0.05, 0) is 67.9 Å². The summed E-state index contributed by atoms with van der Waals surface area (Å²) in [5, 5.41) is 6.86. The lowest BCUT2D eigenvalue weighted by atomic mass is 10.2. The largest absolute Gasteiger partial charge is 0.370 e. The van der Waals surface area contributed by atoms with Crippen LogP contribution in [0.2, 0.25) is 0 Å². The van der Waals surface area contributed by atoms with Gasteiger partial charge in [0.2, 0.25) is 10.0 Å². The number of hydrogen-bond donors (Lipinski definition) is 2. The molecule has 0 unspecified atom stereocenters. The zero-order valence-electron chi connectivity index (χ0n) is 17.8. The van der Waals surface area contributed by atoms with E-state index in [1.165, 1.54) is 4.31 Å². The number of nitrogens with one attached hydrogen (secondary N) is 2. The Bertz CT molecular complexity index is 998. The second-order valence-electron chi connectivity index (χ2n) is 7.41. The van der Waals surface area contributed by atoms with Gasteiger partial charge in [-0.3, -0.25) is 0 Å². The first-order chi connectivity index (χ1) is 14.3. The fourth-order valence-electron chi connectivity index (χ4n) is 3.73. The van der Waals surface area contributed by atoms with Gasteiger partial charge < -0.3 is 15.5 Å². The number of sulfonamides is 1. The Kier molecular flexibility index (Phi) is 7.33. The molecular weight excluding hydrogens is 416 g/mol. The normalized spacial score (nSPS) is 14.2. The summed E-state index contributed by atoms with van der Waals surface area (Å²) in [6, 6.07) is 13.2. The molecule has 2 aromatic carbocycles. The van der Waals surface area contributed by atoms with Crippen LogP contribution in [0.5, 0.6) is 0 Å². The van der Waals surface area contributed by atoms with Gasteiger partial charge in [0.05, 0.1) is 16.3 Å². The van der Waals surface area contributed by atoms with Gasteiger partial charge in [0.15, 0.2) is 5.11 Å². The molecule has 162 valence electrons. The molecule has 1 aliphatic heterocycles. The Hall–Kier alpha value is -2.16. The van der Waals surface area contributed by atoms with Gasteiger partial charge in [-0.25, -0.2) is 8.42 Å². The Morgan fingerprint density at radius 1 is 1.07 bits per heavy atom. The molecule has 1 aliphatic rings. The number of aryl methyl sites for hydroxylation is 1. The lowest BCUT2D eigenvalue weighted by molar-refractivity contribution is 0.445. The smallest absolute Gasteiger partial charge is 0.243 e. The molecule has 8 heteroatoms. The quantitative estimate of drug-likeness (QED) is 0.613. The van der Waals surface area contributed by atoms with Gasteiger partial charge in [0, 0.05) is 31.9 Å². The van der Waals surface area contributed by atoms with E-state index < -0.39 is 10.0 Å². The molecule has 0 aliphatic carbocycles. The highest BCUT2D eigenvalue weighted by Crippen LogP contribution is 2.32. The highest BCUT2D eigenvalue weighted by atomic mass is 32.2. The molecule has 30 heavy (non-hydrogen) atoms. The van der Waals surface area contributed by atoms with E-state index in [0.717, 1.165) is 42.9 Å². The van der Waals surface area contributed by atoms with Crippen molar-refractivity contribution in [1.82, 2.24) is 4.31 Å². The van der Waals surface area contributed by atoms with Crippen molar-refractivity contribution < 1.29 is 8.42 Å². The number of anilines is 3. The Morgan fingerprint density at radius 3 is 2.40 bits per heavy atom. The van der Waals surface area contributed by atoms with Gasteiger partial charge >= 0.3 is 0 Å². The number of thiocarbonyl (C=S) groups is 1. The van der Waals surface area contributed by atoms with E-state index in [1.54, 1.807) is 12.1 Å². The van der Waals surface area contributed by atoms with E-state index in [-0.39, 0.29) is 4.90 Å².